The molecule has 1 aromatic heterocycles. The van der Waals surface area contributed by atoms with Gasteiger partial charge in [0.1, 0.15) is 5.82 Å². The highest BCUT2D eigenvalue weighted by Gasteiger charge is 2.16. The highest BCUT2D eigenvalue weighted by Crippen LogP contribution is 2.36. The number of halogens is 2. The summed E-state index contributed by atoms with van der Waals surface area (Å²) in [4.78, 5) is 16.8. The third kappa shape index (κ3) is 1.87. The fourth-order valence-electron chi connectivity index (χ4n) is 1.29. The molecule has 5 nitrogen and oxygen atoms in total. The summed E-state index contributed by atoms with van der Waals surface area (Å²) in [5.41, 5.74) is 0.309. The second-order valence-electron chi connectivity index (χ2n) is 2.98. The second-order valence-corrected chi connectivity index (χ2v) is 3.79. The van der Waals surface area contributed by atoms with E-state index in [2.05, 4.69) is 9.97 Å². The average Bonchev–Trinajstić information content (AvgIpc) is 2.69. The zero-order valence-corrected chi connectivity index (χ0v) is 9.29. The summed E-state index contributed by atoms with van der Waals surface area (Å²) in [5, 5.41) is 10.9. The van der Waals surface area contributed by atoms with E-state index in [0.717, 1.165) is 0 Å². The summed E-state index contributed by atoms with van der Waals surface area (Å²) < 4.78 is 0. The summed E-state index contributed by atoms with van der Waals surface area (Å²) in [6.07, 6.45) is 3.16. The van der Waals surface area contributed by atoms with Crippen molar-refractivity contribution in [1.82, 2.24) is 9.97 Å². The van der Waals surface area contributed by atoms with Crippen molar-refractivity contribution in [3.63, 3.8) is 0 Å². The van der Waals surface area contributed by atoms with Gasteiger partial charge in [-0.2, -0.15) is 0 Å². The van der Waals surface area contributed by atoms with E-state index in [0.29, 0.717) is 11.4 Å². The van der Waals surface area contributed by atoms with Crippen LogP contribution in [-0.2, 0) is 0 Å². The van der Waals surface area contributed by atoms with Crippen molar-refractivity contribution < 1.29 is 4.92 Å². The molecule has 0 fully saturated rings. The number of H-pyrrole nitrogens is 1. The fraction of sp³-hybridized carbons (Fsp3) is 0. The molecule has 0 aliphatic heterocycles. The molecule has 0 atom stereocenters. The first kappa shape index (κ1) is 10.9. The Bertz CT molecular complexity index is 517. The van der Waals surface area contributed by atoms with E-state index >= 15 is 0 Å². The van der Waals surface area contributed by atoms with Crippen molar-refractivity contribution in [2.75, 3.05) is 0 Å². The molecule has 7 heteroatoms. The summed E-state index contributed by atoms with van der Waals surface area (Å²) >= 11 is 11.8. The normalized spacial score (nSPS) is 10.4. The number of rotatable bonds is 2. The molecule has 0 saturated heterocycles. The van der Waals surface area contributed by atoms with Crippen LogP contribution in [0.2, 0.25) is 10.0 Å². The van der Waals surface area contributed by atoms with E-state index in [4.69, 9.17) is 23.2 Å². The minimum atomic E-state index is -0.552. The SMILES string of the molecule is O=[N+]([O-])c1cc(Cl)c(-c2ncc[nH]2)c(Cl)c1. The Balaban J connectivity index is 2.61. The molecule has 0 aliphatic rings. The highest BCUT2D eigenvalue weighted by molar-refractivity contribution is 6.39. The second kappa shape index (κ2) is 4.11. The maximum Gasteiger partial charge on any atom is 0.272 e. The van der Waals surface area contributed by atoms with Gasteiger partial charge in [-0.25, -0.2) is 4.98 Å². The molecule has 2 aromatic rings. The lowest BCUT2D eigenvalue weighted by Crippen LogP contribution is -1.91. The molecule has 2 rings (SSSR count). The van der Waals surface area contributed by atoms with Crippen LogP contribution in [0.15, 0.2) is 24.5 Å². The van der Waals surface area contributed by atoms with Crippen LogP contribution in [0.4, 0.5) is 5.69 Å². The van der Waals surface area contributed by atoms with Gasteiger partial charge in [0.05, 0.1) is 20.5 Å². The lowest BCUT2D eigenvalue weighted by Gasteiger charge is -2.03. The Labute approximate surface area is 100 Å². The molecule has 0 unspecified atom stereocenters. The van der Waals surface area contributed by atoms with E-state index in [1.807, 2.05) is 0 Å². The number of nitrogens with one attached hydrogen (secondary N) is 1. The molecule has 0 saturated carbocycles. The van der Waals surface area contributed by atoms with Crippen molar-refractivity contribution in [3.8, 4) is 11.4 Å². The summed E-state index contributed by atoms with van der Waals surface area (Å²) in [5.74, 6) is 0.477. The van der Waals surface area contributed by atoms with Crippen LogP contribution in [0.3, 0.4) is 0 Å². The van der Waals surface area contributed by atoms with Crippen LogP contribution >= 0.6 is 23.2 Å². The molecule has 0 spiro atoms. The number of nitro groups is 1. The number of nitro benzene ring substituents is 1. The summed E-state index contributed by atoms with van der Waals surface area (Å²) in [6, 6.07) is 2.48. The van der Waals surface area contributed by atoms with Gasteiger partial charge in [-0.3, -0.25) is 10.1 Å². The van der Waals surface area contributed by atoms with Crippen molar-refractivity contribution >= 4 is 28.9 Å². The smallest absolute Gasteiger partial charge is 0.272 e. The third-order valence-corrected chi connectivity index (χ3v) is 2.57. The van der Waals surface area contributed by atoms with Crippen LogP contribution < -0.4 is 0 Å². The minimum Gasteiger partial charge on any atom is -0.345 e. The number of hydrogen-bond acceptors (Lipinski definition) is 3. The Hall–Kier alpha value is -1.59. The van der Waals surface area contributed by atoms with Gasteiger partial charge < -0.3 is 4.98 Å². The predicted octanol–water partition coefficient (Wildman–Crippen LogP) is 3.29. The Kier molecular flexibility index (Phi) is 2.80. The van der Waals surface area contributed by atoms with E-state index in [9.17, 15) is 10.1 Å². The van der Waals surface area contributed by atoms with Crippen LogP contribution in [0.5, 0.6) is 0 Å². The Morgan fingerprint density at radius 3 is 2.38 bits per heavy atom. The molecule has 1 aromatic carbocycles. The number of hydrogen-bond donors (Lipinski definition) is 1. The molecule has 82 valence electrons. The van der Waals surface area contributed by atoms with Crippen molar-refractivity contribution in [2.24, 2.45) is 0 Å². The number of benzene rings is 1. The largest absolute Gasteiger partial charge is 0.345 e. The first-order valence-electron chi connectivity index (χ1n) is 4.23. The van der Waals surface area contributed by atoms with Crippen molar-refractivity contribution in [1.29, 1.82) is 0 Å². The average molecular weight is 258 g/mol. The van der Waals surface area contributed by atoms with Gasteiger partial charge in [0, 0.05) is 24.5 Å². The van der Waals surface area contributed by atoms with Crippen molar-refractivity contribution in [3.05, 3.63) is 44.7 Å². The first-order valence-corrected chi connectivity index (χ1v) is 4.98. The maximum absolute atomic E-state index is 10.6. The van der Waals surface area contributed by atoms with E-state index in [1.54, 1.807) is 12.4 Å². The molecular formula is C9H5Cl2N3O2. The van der Waals surface area contributed by atoms with Crippen LogP contribution in [0.25, 0.3) is 11.4 Å². The topological polar surface area (TPSA) is 71.8 Å². The fourth-order valence-corrected chi connectivity index (χ4v) is 1.95. The zero-order chi connectivity index (χ0) is 11.7. The lowest BCUT2D eigenvalue weighted by molar-refractivity contribution is -0.384. The quantitative estimate of drug-likeness (QED) is 0.663. The number of nitrogens with zero attached hydrogens (tertiary/aromatic N) is 2. The summed E-state index contributed by atoms with van der Waals surface area (Å²) in [7, 11) is 0. The van der Waals surface area contributed by atoms with E-state index < -0.39 is 4.92 Å². The molecule has 0 amide bonds. The minimum absolute atomic E-state index is 0.148. The third-order valence-electron chi connectivity index (χ3n) is 1.97. The maximum atomic E-state index is 10.6. The van der Waals surface area contributed by atoms with Gasteiger partial charge >= 0.3 is 0 Å². The van der Waals surface area contributed by atoms with Crippen molar-refractivity contribution in [2.45, 2.75) is 0 Å². The van der Waals surface area contributed by atoms with Crippen LogP contribution in [0, 0.1) is 10.1 Å². The highest BCUT2D eigenvalue weighted by atomic mass is 35.5. The molecule has 0 aliphatic carbocycles. The number of aromatic amines is 1. The monoisotopic (exact) mass is 257 g/mol. The van der Waals surface area contributed by atoms with E-state index in [1.165, 1.54) is 12.1 Å². The van der Waals surface area contributed by atoms with E-state index in [-0.39, 0.29) is 15.7 Å². The molecule has 16 heavy (non-hydrogen) atoms. The van der Waals surface area contributed by atoms with Gasteiger partial charge in [-0.15, -0.1) is 0 Å². The lowest BCUT2D eigenvalue weighted by atomic mass is 10.2. The number of non-ortho nitro benzene ring substituents is 1. The molecule has 1 heterocycles. The predicted molar refractivity (Wildman–Crippen MR) is 60.7 cm³/mol. The standard InChI is InChI=1S/C9H5Cl2N3O2/c10-6-3-5(14(15)16)4-7(11)8(6)9-12-1-2-13-9/h1-4H,(H,12,13). The van der Waals surface area contributed by atoms with Gasteiger partial charge in [-0.1, -0.05) is 23.2 Å². The number of imidazole rings is 1. The Morgan fingerprint density at radius 1 is 1.31 bits per heavy atom. The van der Waals surface area contributed by atoms with Crippen LogP contribution in [-0.4, -0.2) is 14.9 Å². The summed E-state index contributed by atoms with van der Waals surface area (Å²) in [6.45, 7) is 0. The van der Waals surface area contributed by atoms with Gasteiger partial charge in [0.25, 0.3) is 5.69 Å². The van der Waals surface area contributed by atoms with Crippen LogP contribution in [0.1, 0.15) is 0 Å². The molecule has 1 N–H and O–H groups in total. The zero-order valence-electron chi connectivity index (χ0n) is 7.78. The molecule has 0 bridgehead atoms. The van der Waals surface area contributed by atoms with Gasteiger partial charge in [-0.05, 0) is 0 Å². The Morgan fingerprint density at radius 2 is 1.94 bits per heavy atom. The van der Waals surface area contributed by atoms with Gasteiger partial charge in [0.15, 0.2) is 0 Å². The van der Waals surface area contributed by atoms with Gasteiger partial charge in [0.2, 0.25) is 0 Å². The number of aromatic nitrogens is 2. The molecular weight excluding hydrogens is 253 g/mol. The first-order chi connectivity index (χ1) is 7.59. The molecule has 0 radical (unpaired) electrons.